The van der Waals surface area contributed by atoms with Crippen molar-refractivity contribution in [3.63, 3.8) is 0 Å². The van der Waals surface area contributed by atoms with Gasteiger partial charge < -0.3 is 24.7 Å². The average Bonchev–Trinajstić information content (AvgIpc) is 3.25. The molecule has 3 aromatic carbocycles. The zero-order valence-electron chi connectivity index (χ0n) is 19.7. The van der Waals surface area contributed by atoms with Gasteiger partial charge in [-0.1, -0.05) is 30.3 Å². The largest absolute Gasteiger partial charge is 0.489 e. The van der Waals surface area contributed by atoms with Crippen LogP contribution in [0.4, 0.5) is 4.39 Å². The second-order valence-corrected chi connectivity index (χ2v) is 8.56. The molecule has 182 valence electrons. The first-order valence-corrected chi connectivity index (χ1v) is 11.3. The third-order valence-corrected chi connectivity index (χ3v) is 5.76. The summed E-state index contributed by atoms with van der Waals surface area (Å²) in [6.45, 7) is 1.84. The lowest BCUT2D eigenvalue weighted by molar-refractivity contribution is -0.136. The number of methoxy groups -OCH3 is 1. The molecule has 0 saturated heterocycles. The third kappa shape index (κ3) is 5.70. The maximum absolute atomic E-state index is 13.2. The lowest BCUT2D eigenvalue weighted by Crippen LogP contribution is -2.11. The van der Waals surface area contributed by atoms with Gasteiger partial charge in [0.2, 0.25) is 0 Å². The molecule has 0 amide bonds. The summed E-state index contributed by atoms with van der Waals surface area (Å²) in [4.78, 5) is 11.3. The number of carboxylic acids is 1. The Labute approximate surface area is 203 Å². The normalized spacial score (nSPS) is 12.1. The monoisotopic (exact) mass is 477 g/mol. The van der Waals surface area contributed by atoms with Gasteiger partial charge in [0.25, 0.3) is 0 Å². The van der Waals surface area contributed by atoms with Gasteiger partial charge in [-0.25, -0.2) is 4.39 Å². The molecule has 0 spiro atoms. The van der Waals surface area contributed by atoms with Gasteiger partial charge in [0.05, 0.1) is 12.5 Å². The van der Waals surface area contributed by atoms with E-state index in [2.05, 4.69) is 0 Å². The van der Waals surface area contributed by atoms with E-state index in [0.717, 1.165) is 27.6 Å². The fraction of sp³-hybridized carbons (Fsp3) is 0.250. The van der Waals surface area contributed by atoms with Crippen molar-refractivity contribution in [1.29, 1.82) is 0 Å². The zero-order chi connectivity index (χ0) is 24.9. The summed E-state index contributed by atoms with van der Waals surface area (Å²) in [5, 5.41) is 10.1. The van der Waals surface area contributed by atoms with Crippen LogP contribution in [0.25, 0.3) is 22.1 Å². The molecule has 3 N–H and O–H groups in total. The molecule has 0 bridgehead atoms. The number of fused-ring (bicyclic) bond motifs is 1. The first-order valence-electron chi connectivity index (χ1n) is 11.3. The molecule has 1 atom stereocenters. The zero-order valence-corrected chi connectivity index (χ0v) is 19.7. The van der Waals surface area contributed by atoms with Crippen LogP contribution >= 0.6 is 0 Å². The Hall–Kier alpha value is -3.68. The Morgan fingerprint density at radius 3 is 2.69 bits per heavy atom. The number of carboxylic acid groups (broad SMARTS) is 1. The summed E-state index contributed by atoms with van der Waals surface area (Å²) in [6.07, 6.45) is -0.121. The van der Waals surface area contributed by atoms with Crippen LogP contribution in [0.3, 0.4) is 0 Å². The van der Waals surface area contributed by atoms with Crippen LogP contribution in [0.15, 0.2) is 65.1 Å². The van der Waals surface area contributed by atoms with Crippen molar-refractivity contribution in [2.45, 2.75) is 32.6 Å². The van der Waals surface area contributed by atoms with E-state index in [1.165, 1.54) is 0 Å². The van der Waals surface area contributed by atoms with Gasteiger partial charge in [0.15, 0.2) is 0 Å². The first-order chi connectivity index (χ1) is 16.9. The smallest absolute Gasteiger partial charge is 0.307 e. The molecule has 0 aliphatic heterocycles. The van der Waals surface area contributed by atoms with Crippen molar-refractivity contribution in [2.24, 2.45) is 5.73 Å². The van der Waals surface area contributed by atoms with Crippen LogP contribution in [0.2, 0.25) is 0 Å². The average molecular weight is 478 g/mol. The summed E-state index contributed by atoms with van der Waals surface area (Å²) in [5.41, 5.74) is 11.4. The number of aliphatic carboxylic acids is 1. The molecule has 7 heteroatoms. The van der Waals surface area contributed by atoms with Crippen LogP contribution in [-0.4, -0.2) is 24.9 Å². The number of hydrogen-bond donors (Lipinski definition) is 2. The van der Waals surface area contributed by atoms with E-state index in [1.54, 1.807) is 19.2 Å². The Morgan fingerprint density at radius 1 is 1.11 bits per heavy atom. The highest BCUT2D eigenvalue weighted by Gasteiger charge is 2.15. The molecule has 1 aromatic heterocycles. The van der Waals surface area contributed by atoms with Crippen LogP contribution in [0.5, 0.6) is 5.75 Å². The quantitative estimate of drug-likeness (QED) is 0.303. The molecule has 0 radical (unpaired) electrons. The number of nitrogens with two attached hydrogens (primary N) is 1. The molecule has 6 nitrogen and oxygen atoms in total. The molecular weight excluding hydrogens is 449 g/mol. The number of aryl methyl sites for hydroxylation is 1. The highest BCUT2D eigenvalue weighted by molar-refractivity contribution is 5.93. The molecule has 4 rings (SSSR count). The maximum Gasteiger partial charge on any atom is 0.307 e. The van der Waals surface area contributed by atoms with Gasteiger partial charge in [0.1, 0.15) is 37.0 Å². The number of carbonyl (C=O) groups is 1. The molecule has 35 heavy (non-hydrogen) atoms. The van der Waals surface area contributed by atoms with Crippen molar-refractivity contribution < 1.29 is 28.2 Å². The molecule has 0 fully saturated rings. The number of furan rings is 1. The summed E-state index contributed by atoms with van der Waals surface area (Å²) in [5.74, 6) is 0.302. The molecular formula is C28H28FNO5. The number of hydrogen-bond acceptors (Lipinski definition) is 5. The Balaban J connectivity index is 1.74. The van der Waals surface area contributed by atoms with Crippen molar-refractivity contribution >= 4 is 16.9 Å². The van der Waals surface area contributed by atoms with Gasteiger partial charge in [-0.2, -0.15) is 0 Å². The van der Waals surface area contributed by atoms with Crippen molar-refractivity contribution in [2.75, 3.05) is 13.8 Å². The van der Waals surface area contributed by atoms with Crippen LogP contribution in [-0.2, 0) is 29.2 Å². The molecule has 4 aromatic rings. The topological polar surface area (TPSA) is 94.9 Å². The van der Waals surface area contributed by atoms with Crippen molar-refractivity contribution in [3.8, 4) is 16.9 Å². The molecule has 1 heterocycles. The van der Waals surface area contributed by atoms with Gasteiger partial charge >= 0.3 is 5.97 Å². The fourth-order valence-electron chi connectivity index (χ4n) is 4.07. The number of alkyl halides is 1. The summed E-state index contributed by atoms with van der Waals surface area (Å²) < 4.78 is 30.6. The van der Waals surface area contributed by atoms with E-state index in [4.69, 9.17) is 19.6 Å². The van der Waals surface area contributed by atoms with Crippen LogP contribution < -0.4 is 10.5 Å². The lowest BCUT2D eigenvalue weighted by atomic mass is 9.97. The Morgan fingerprint density at radius 2 is 1.94 bits per heavy atom. The summed E-state index contributed by atoms with van der Waals surface area (Å²) in [7, 11) is 1.60. The minimum Gasteiger partial charge on any atom is -0.489 e. The number of rotatable bonds is 10. The SMILES string of the molecule is COCc1cc2cc(COc3cc(C)ccc3CC(=O)O)cc(-c3cccc(C(N)CF)c3)c2o1. The minimum absolute atomic E-state index is 0.121. The number of benzene rings is 3. The highest BCUT2D eigenvalue weighted by Crippen LogP contribution is 2.34. The predicted molar refractivity (Wildman–Crippen MR) is 132 cm³/mol. The van der Waals surface area contributed by atoms with Gasteiger partial charge in [-0.3, -0.25) is 4.79 Å². The van der Waals surface area contributed by atoms with E-state index in [9.17, 15) is 14.3 Å². The highest BCUT2D eigenvalue weighted by atomic mass is 19.1. The predicted octanol–water partition coefficient (Wildman–Crippen LogP) is 5.73. The van der Waals surface area contributed by atoms with Crippen LogP contribution in [0.1, 0.15) is 34.1 Å². The summed E-state index contributed by atoms with van der Waals surface area (Å²) >= 11 is 0. The number of ether oxygens (including phenoxy) is 2. The fourth-order valence-corrected chi connectivity index (χ4v) is 4.07. The lowest BCUT2D eigenvalue weighted by Gasteiger charge is -2.14. The number of halogens is 1. The maximum atomic E-state index is 13.2. The van der Waals surface area contributed by atoms with E-state index in [-0.39, 0.29) is 13.0 Å². The molecule has 0 aliphatic rings. The first kappa shape index (κ1) is 24.4. The van der Waals surface area contributed by atoms with Gasteiger partial charge in [0, 0.05) is 23.6 Å². The Bertz CT molecular complexity index is 1350. The van der Waals surface area contributed by atoms with Crippen LogP contribution in [0, 0.1) is 6.92 Å². The van der Waals surface area contributed by atoms with Crippen molar-refractivity contribution in [3.05, 3.63) is 88.7 Å². The summed E-state index contributed by atoms with van der Waals surface area (Å²) in [6, 6.07) is 18.1. The van der Waals surface area contributed by atoms with E-state index in [0.29, 0.717) is 34.8 Å². The van der Waals surface area contributed by atoms with Gasteiger partial charge in [-0.05, 0) is 59.5 Å². The second-order valence-electron chi connectivity index (χ2n) is 8.56. The standard InChI is InChI=1S/C28H28FNO5/c1-17-6-7-21(13-27(31)32)26(8-17)34-15-18-9-22-12-23(16-33-2)35-28(22)24(10-18)19-4-3-5-20(11-19)25(30)14-29/h3-12,25H,13-16,30H2,1-2H3,(H,31,32). The molecule has 1 unspecified atom stereocenters. The molecule has 0 saturated carbocycles. The van der Waals surface area contributed by atoms with Crippen molar-refractivity contribution in [1.82, 2.24) is 0 Å². The Kier molecular flexibility index (Phi) is 7.48. The third-order valence-electron chi connectivity index (χ3n) is 5.76. The van der Waals surface area contributed by atoms with E-state index in [1.807, 2.05) is 55.5 Å². The minimum atomic E-state index is -0.919. The van der Waals surface area contributed by atoms with E-state index < -0.39 is 18.7 Å². The van der Waals surface area contributed by atoms with E-state index >= 15 is 0 Å². The second kappa shape index (κ2) is 10.7. The molecule has 0 aliphatic carbocycles. The van der Waals surface area contributed by atoms with Gasteiger partial charge in [-0.15, -0.1) is 0 Å².